The number of rotatable bonds is 2. The Balaban J connectivity index is 2.17. The van der Waals surface area contributed by atoms with Gasteiger partial charge in [0, 0.05) is 12.6 Å². The minimum Gasteiger partial charge on any atom is -0.480 e. The van der Waals surface area contributed by atoms with Crippen LogP contribution in [-0.2, 0) is 4.79 Å². The van der Waals surface area contributed by atoms with Crippen molar-refractivity contribution in [2.75, 3.05) is 6.54 Å². The van der Waals surface area contributed by atoms with Gasteiger partial charge in [-0.2, -0.15) is 0 Å². The Kier molecular flexibility index (Phi) is 2.40. The quantitative estimate of drug-likeness (QED) is 0.762. The summed E-state index contributed by atoms with van der Waals surface area (Å²) in [7, 11) is 0. The number of nitrogens with zero attached hydrogens (tertiary/aromatic N) is 2. The molecule has 0 aromatic carbocycles. The van der Waals surface area contributed by atoms with Gasteiger partial charge in [0.05, 0.1) is 6.20 Å². The fourth-order valence-corrected chi connectivity index (χ4v) is 1.73. The van der Waals surface area contributed by atoms with Crippen LogP contribution in [0.4, 0.5) is 0 Å². The molecule has 1 amide bonds. The monoisotopic (exact) mass is 210 g/mol. The molecule has 1 saturated heterocycles. The number of hydrogen-bond donors (Lipinski definition) is 1. The Morgan fingerprint density at radius 2 is 2.40 bits per heavy atom. The van der Waals surface area contributed by atoms with Crippen molar-refractivity contribution in [2.24, 2.45) is 0 Å². The SMILES string of the molecule is O=C(O)C1CCCN1C(=O)c1ccno1. The minimum atomic E-state index is -0.972. The third-order valence-corrected chi connectivity index (χ3v) is 2.45. The van der Waals surface area contributed by atoms with Crippen LogP contribution in [0.15, 0.2) is 16.8 Å². The summed E-state index contributed by atoms with van der Waals surface area (Å²) < 4.78 is 4.70. The Labute approximate surface area is 85.5 Å². The highest BCUT2D eigenvalue weighted by molar-refractivity contribution is 5.94. The molecule has 0 aliphatic carbocycles. The van der Waals surface area contributed by atoms with Crippen LogP contribution in [0.3, 0.4) is 0 Å². The van der Waals surface area contributed by atoms with Crippen molar-refractivity contribution >= 4 is 11.9 Å². The van der Waals surface area contributed by atoms with Crippen LogP contribution >= 0.6 is 0 Å². The number of carbonyl (C=O) groups is 2. The van der Waals surface area contributed by atoms with E-state index in [1.807, 2.05) is 0 Å². The number of carboxylic acid groups (broad SMARTS) is 1. The molecule has 1 fully saturated rings. The van der Waals surface area contributed by atoms with E-state index in [4.69, 9.17) is 9.63 Å². The topological polar surface area (TPSA) is 83.6 Å². The largest absolute Gasteiger partial charge is 0.480 e. The first-order valence-electron chi connectivity index (χ1n) is 4.64. The van der Waals surface area contributed by atoms with Crippen LogP contribution in [0.1, 0.15) is 23.4 Å². The molecule has 2 heterocycles. The van der Waals surface area contributed by atoms with E-state index >= 15 is 0 Å². The second-order valence-corrected chi connectivity index (χ2v) is 3.37. The predicted octanol–water partition coefficient (Wildman–Crippen LogP) is 0.364. The molecule has 80 valence electrons. The van der Waals surface area contributed by atoms with Gasteiger partial charge >= 0.3 is 5.97 Å². The molecule has 1 aromatic rings. The number of hydrogen-bond acceptors (Lipinski definition) is 4. The maximum absolute atomic E-state index is 11.8. The van der Waals surface area contributed by atoms with Crippen molar-refractivity contribution in [3.8, 4) is 0 Å². The molecule has 1 N–H and O–H groups in total. The van der Waals surface area contributed by atoms with Crippen molar-refractivity contribution in [3.05, 3.63) is 18.0 Å². The van der Waals surface area contributed by atoms with Crippen molar-refractivity contribution in [2.45, 2.75) is 18.9 Å². The highest BCUT2D eigenvalue weighted by atomic mass is 16.5. The summed E-state index contributed by atoms with van der Waals surface area (Å²) in [4.78, 5) is 23.9. The number of aliphatic carboxylic acids is 1. The number of carboxylic acids is 1. The lowest BCUT2D eigenvalue weighted by Crippen LogP contribution is -2.40. The lowest BCUT2D eigenvalue weighted by atomic mass is 10.2. The summed E-state index contributed by atoms with van der Waals surface area (Å²) in [6.45, 7) is 0.455. The molecule has 1 aromatic heterocycles. The third-order valence-electron chi connectivity index (χ3n) is 2.45. The van der Waals surface area contributed by atoms with E-state index in [9.17, 15) is 9.59 Å². The molecule has 6 heteroatoms. The second-order valence-electron chi connectivity index (χ2n) is 3.37. The first kappa shape index (κ1) is 9.70. The molecule has 0 radical (unpaired) electrons. The van der Waals surface area contributed by atoms with E-state index in [0.29, 0.717) is 19.4 Å². The van der Waals surface area contributed by atoms with Gasteiger partial charge in [0.1, 0.15) is 6.04 Å². The number of carbonyl (C=O) groups excluding carboxylic acids is 1. The Morgan fingerprint density at radius 1 is 1.60 bits per heavy atom. The molecule has 1 atom stereocenters. The zero-order valence-corrected chi connectivity index (χ0v) is 7.92. The lowest BCUT2D eigenvalue weighted by molar-refractivity contribution is -0.141. The van der Waals surface area contributed by atoms with Crippen molar-refractivity contribution in [1.29, 1.82) is 0 Å². The maximum atomic E-state index is 11.8. The molecular formula is C9H10N2O4. The van der Waals surface area contributed by atoms with Gasteiger partial charge in [-0.1, -0.05) is 5.16 Å². The lowest BCUT2D eigenvalue weighted by Gasteiger charge is -2.19. The van der Waals surface area contributed by atoms with Gasteiger partial charge in [0.2, 0.25) is 5.76 Å². The van der Waals surface area contributed by atoms with Gasteiger partial charge in [-0.3, -0.25) is 4.79 Å². The van der Waals surface area contributed by atoms with Gasteiger partial charge in [-0.05, 0) is 12.8 Å². The van der Waals surface area contributed by atoms with Crippen LogP contribution in [0.2, 0.25) is 0 Å². The fraction of sp³-hybridized carbons (Fsp3) is 0.444. The van der Waals surface area contributed by atoms with Gasteiger partial charge in [0.25, 0.3) is 5.91 Å². The Bertz CT molecular complexity index is 373. The molecule has 0 saturated carbocycles. The molecule has 1 aliphatic heterocycles. The zero-order valence-electron chi connectivity index (χ0n) is 7.92. The van der Waals surface area contributed by atoms with Gasteiger partial charge in [0.15, 0.2) is 0 Å². The van der Waals surface area contributed by atoms with Crippen LogP contribution in [-0.4, -0.2) is 39.6 Å². The summed E-state index contributed by atoms with van der Waals surface area (Å²) in [5.74, 6) is -1.29. The van der Waals surface area contributed by atoms with Crippen LogP contribution < -0.4 is 0 Å². The number of amides is 1. The van der Waals surface area contributed by atoms with Gasteiger partial charge in [-0.25, -0.2) is 4.79 Å². The second kappa shape index (κ2) is 3.72. The average molecular weight is 210 g/mol. The van der Waals surface area contributed by atoms with E-state index in [-0.39, 0.29) is 5.76 Å². The van der Waals surface area contributed by atoms with E-state index in [2.05, 4.69) is 5.16 Å². The predicted molar refractivity (Wildman–Crippen MR) is 48.2 cm³/mol. The third kappa shape index (κ3) is 1.70. The molecule has 1 unspecified atom stereocenters. The number of likely N-dealkylation sites (tertiary alicyclic amines) is 1. The van der Waals surface area contributed by atoms with E-state index in [0.717, 1.165) is 0 Å². The summed E-state index contributed by atoms with van der Waals surface area (Å²) in [6, 6.07) is 0.696. The molecule has 15 heavy (non-hydrogen) atoms. The average Bonchev–Trinajstić information content (AvgIpc) is 2.88. The standard InChI is InChI=1S/C9H10N2O4/c12-8(7-3-4-10-15-7)11-5-1-2-6(11)9(13)14/h3-4,6H,1-2,5H2,(H,13,14). The summed E-state index contributed by atoms with van der Waals surface area (Å²) in [5, 5.41) is 12.3. The Morgan fingerprint density at radius 3 is 3.00 bits per heavy atom. The Hall–Kier alpha value is -1.85. The van der Waals surface area contributed by atoms with Crippen LogP contribution in [0.25, 0.3) is 0 Å². The van der Waals surface area contributed by atoms with Crippen molar-refractivity contribution in [3.63, 3.8) is 0 Å². The summed E-state index contributed by atoms with van der Waals surface area (Å²) in [5.41, 5.74) is 0. The summed E-state index contributed by atoms with van der Waals surface area (Å²) in [6.07, 6.45) is 2.56. The highest BCUT2D eigenvalue weighted by Gasteiger charge is 2.35. The molecule has 6 nitrogen and oxygen atoms in total. The van der Waals surface area contributed by atoms with Crippen molar-refractivity contribution in [1.82, 2.24) is 10.1 Å². The molecule has 0 bridgehead atoms. The fourth-order valence-electron chi connectivity index (χ4n) is 1.73. The van der Waals surface area contributed by atoms with Crippen LogP contribution in [0, 0.1) is 0 Å². The van der Waals surface area contributed by atoms with E-state index in [1.165, 1.54) is 17.2 Å². The minimum absolute atomic E-state index is 0.0863. The molecule has 0 spiro atoms. The molecule has 2 rings (SSSR count). The highest BCUT2D eigenvalue weighted by Crippen LogP contribution is 2.19. The van der Waals surface area contributed by atoms with E-state index < -0.39 is 17.9 Å². The normalized spacial score (nSPS) is 20.5. The van der Waals surface area contributed by atoms with Gasteiger partial charge in [-0.15, -0.1) is 0 Å². The van der Waals surface area contributed by atoms with Gasteiger partial charge < -0.3 is 14.5 Å². The van der Waals surface area contributed by atoms with E-state index in [1.54, 1.807) is 0 Å². The first-order chi connectivity index (χ1) is 7.20. The smallest absolute Gasteiger partial charge is 0.326 e. The van der Waals surface area contributed by atoms with Crippen LogP contribution in [0.5, 0.6) is 0 Å². The summed E-state index contributed by atoms with van der Waals surface area (Å²) >= 11 is 0. The molecule has 1 aliphatic rings. The number of aromatic nitrogens is 1. The first-order valence-corrected chi connectivity index (χ1v) is 4.64. The molecular weight excluding hydrogens is 200 g/mol. The van der Waals surface area contributed by atoms with Crippen molar-refractivity contribution < 1.29 is 19.2 Å². The zero-order chi connectivity index (χ0) is 10.8. The maximum Gasteiger partial charge on any atom is 0.326 e.